The minimum absolute atomic E-state index is 0.0100. The highest BCUT2D eigenvalue weighted by molar-refractivity contribution is 5.99. The van der Waals surface area contributed by atoms with E-state index >= 15 is 0 Å². The van der Waals surface area contributed by atoms with Crippen LogP contribution in [-0.4, -0.2) is 32.2 Å². The summed E-state index contributed by atoms with van der Waals surface area (Å²) < 4.78 is 4.21. The Kier molecular flexibility index (Phi) is 5.44. The van der Waals surface area contributed by atoms with Crippen LogP contribution in [0.3, 0.4) is 0 Å². The summed E-state index contributed by atoms with van der Waals surface area (Å²) in [5.41, 5.74) is 6.49. The van der Waals surface area contributed by atoms with Crippen LogP contribution in [-0.2, 0) is 19.6 Å². The maximum absolute atomic E-state index is 13.0. The molecule has 4 rings (SSSR count). The van der Waals surface area contributed by atoms with Gasteiger partial charge >= 0.3 is 0 Å². The van der Waals surface area contributed by atoms with Crippen molar-refractivity contribution >= 4 is 16.8 Å². The summed E-state index contributed by atoms with van der Waals surface area (Å²) in [7, 11) is 1.83. The van der Waals surface area contributed by atoms with E-state index in [0.29, 0.717) is 12.1 Å². The molecule has 0 fully saturated rings. The molecule has 0 atom stereocenters. The first-order chi connectivity index (χ1) is 14.5. The van der Waals surface area contributed by atoms with Gasteiger partial charge in [-0.3, -0.25) is 9.48 Å². The molecular formula is C25H28N4O. The van der Waals surface area contributed by atoms with Gasteiger partial charge in [0.05, 0.1) is 12.2 Å². The highest BCUT2D eigenvalue weighted by atomic mass is 16.2. The lowest BCUT2D eigenvalue weighted by Gasteiger charge is -2.16. The number of aromatic nitrogens is 3. The molecule has 0 aliphatic heterocycles. The third kappa shape index (κ3) is 3.75. The fraction of sp³-hybridized carbons (Fsp3) is 0.280. The topological polar surface area (TPSA) is 43.1 Å². The monoisotopic (exact) mass is 400 g/mol. The van der Waals surface area contributed by atoms with Gasteiger partial charge in [-0.2, -0.15) is 5.10 Å². The van der Waals surface area contributed by atoms with Crippen LogP contribution in [0.5, 0.6) is 0 Å². The first-order valence-corrected chi connectivity index (χ1v) is 10.4. The smallest absolute Gasteiger partial charge is 0.253 e. The van der Waals surface area contributed by atoms with Crippen molar-refractivity contribution in [1.82, 2.24) is 19.2 Å². The number of amides is 1. The molecule has 5 heteroatoms. The molecule has 0 aliphatic rings. The summed E-state index contributed by atoms with van der Waals surface area (Å²) in [6.07, 6.45) is 1.95. The van der Waals surface area contributed by atoms with Gasteiger partial charge in [0.1, 0.15) is 0 Å². The first-order valence-electron chi connectivity index (χ1n) is 10.4. The van der Waals surface area contributed by atoms with Gasteiger partial charge in [-0.25, -0.2) is 0 Å². The number of benzene rings is 2. The number of carbonyl (C=O) groups is 1. The largest absolute Gasteiger partial charge is 0.340 e. The van der Waals surface area contributed by atoms with E-state index in [9.17, 15) is 4.79 Å². The number of hydrogen-bond acceptors (Lipinski definition) is 2. The third-order valence-corrected chi connectivity index (χ3v) is 5.84. The lowest BCUT2D eigenvalue weighted by molar-refractivity contribution is 0.0783. The van der Waals surface area contributed by atoms with E-state index in [1.165, 1.54) is 16.8 Å². The molecule has 0 radical (unpaired) electrons. The summed E-state index contributed by atoms with van der Waals surface area (Å²) >= 11 is 0. The fourth-order valence-corrected chi connectivity index (χ4v) is 3.95. The standard InChI is InChI=1S/C25H28N4O/c1-5-28-14-13-22(26-28)17-27(4)25(30)21-11-12-24-23(15-21)18(2)19(3)29(24)16-20-9-7-6-8-10-20/h6-15H,5,16-17H2,1-4H3. The Labute approximate surface area is 177 Å². The number of nitrogens with zero attached hydrogens (tertiary/aromatic N) is 4. The molecule has 2 heterocycles. The van der Waals surface area contributed by atoms with Crippen molar-refractivity contribution < 1.29 is 4.79 Å². The van der Waals surface area contributed by atoms with Crippen LogP contribution in [0.25, 0.3) is 10.9 Å². The number of fused-ring (bicyclic) bond motifs is 1. The summed E-state index contributed by atoms with van der Waals surface area (Å²) in [6, 6.07) is 18.5. The lowest BCUT2D eigenvalue weighted by Crippen LogP contribution is -2.26. The Balaban J connectivity index is 1.61. The van der Waals surface area contributed by atoms with Crippen molar-refractivity contribution in [3.8, 4) is 0 Å². The van der Waals surface area contributed by atoms with Gasteiger partial charge in [0, 0.05) is 48.5 Å². The Morgan fingerprint density at radius 3 is 2.53 bits per heavy atom. The molecule has 30 heavy (non-hydrogen) atoms. The van der Waals surface area contributed by atoms with E-state index in [1.807, 2.05) is 42.2 Å². The van der Waals surface area contributed by atoms with Crippen LogP contribution in [0.4, 0.5) is 0 Å². The van der Waals surface area contributed by atoms with Crippen LogP contribution < -0.4 is 0 Å². The maximum atomic E-state index is 13.0. The number of carbonyl (C=O) groups excluding carboxylic acids is 1. The molecule has 1 amide bonds. The van der Waals surface area contributed by atoms with E-state index in [2.05, 4.69) is 60.8 Å². The van der Waals surface area contributed by atoms with Crippen LogP contribution in [0.15, 0.2) is 60.8 Å². The highest BCUT2D eigenvalue weighted by Gasteiger charge is 2.17. The summed E-state index contributed by atoms with van der Waals surface area (Å²) in [5, 5.41) is 5.62. The van der Waals surface area contributed by atoms with Crippen molar-refractivity contribution in [3.63, 3.8) is 0 Å². The van der Waals surface area contributed by atoms with Gasteiger partial charge in [0.25, 0.3) is 5.91 Å². The summed E-state index contributed by atoms with van der Waals surface area (Å²) in [6.45, 7) is 8.48. The zero-order valence-corrected chi connectivity index (χ0v) is 18.1. The molecule has 0 bridgehead atoms. The molecule has 0 spiro atoms. The second kappa shape index (κ2) is 8.19. The molecule has 154 valence electrons. The van der Waals surface area contributed by atoms with Crippen LogP contribution >= 0.6 is 0 Å². The van der Waals surface area contributed by atoms with Crippen LogP contribution in [0.2, 0.25) is 0 Å². The molecule has 0 saturated heterocycles. The molecule has 2 aromatic carbocycles. The summed E-state index contributed by atoms with van der Waals surface area (Å²) in [5.74, 6) is 0.0100. The molecule has 5 nitrogen and oxygen atoms in total. The van der Waals surface area contributed by atoms with E-state index in [0.717, 1.165) is 29.7 Å². The maximum Gasteiger partial charge on any atom is 0.253 e. The SMILES string of the molecule is CCn1ccc(CN(C)C(=O)c2ccc3c(c2)c(C)c(C)n3Cc2ccccc2)n1. The molecular weight excluding hydrogens is 372 g/mol. The van der Waals surface area contributed by atoms with Gasteiger partial charge in [-0.05, 0) is 56.2 Å². The van der Waals surface area contributed by atoms with E-state index in [4.69, 9.17) is 0 Å². The van der Waals surface area contributed by atoms with E-state index in [1.54, 1.807) is 4.90 Å². The first kappa shape index (κ1) is 20.0. The second-order valence-electron chi connectivity index (χ2n) is 7.84. The minimum atomic E-state index is 0.0100. The third-order valence-electron chi connectivity index (χ3n) is 5.84. The number of hydrogen-bond donors (Lipinski definition) is 0. The van der Waals surface area contributed by atoms with Gasteiger partial charge < -0.3 is 9.47 Å². The zero-order valence-electron chi connectivity index (χ0n) is 18.1. The van der Waals surface area contributed by atoms with Crippen molar-refractivity contribution in [1.29, 1.82) is 0 Å². The Hall–Kier alpha value is -3.34. The van der Waals surface area contributed by atoms with E-state index in [-0.39, 0.29) is 5.91 Å². The fourth-order valence-electron chi connectivity index (χ4n) is 3.95. The summed E-state index contributed by atoms with van der Waals surface area (Å²) in [4.78, 5) is 14.8. The highest BCUT2D eigenvalue weighted by Crippen LogP contribution is 2.27. The Morgan fingerprint density at radius 1 is 1.07 bits per heavy atom. The zero-order chi connectivity index (χ0) is 21.3. The number of rotatable bonds is 6. The van der Waals surface area contributed by atoms with Crippen molar-refractivity contribution in [2.24, 2.45) is 0 Å². The van der Waals surface area contributed by atoms with Crippen LogP contribution in [0.1, 0.15) is 39.8 Å². The van der Waals surface area contributed by atoms with Gasteiger partial charge in [-0.1, -0.05) is 30.3 Å². The average Bonchev–Trinajstić information content (AvgIpc) is 3.32. The van der Waals surface area contributed by atoms with Crippen molar-refractivity contribution in [2.75, 3.05) is 7.05 Å². The van der Waals surface area contributed by atoms with E-state index < -0.39 is 0 Å². The molecule has 0 aliphatic carbocycles. The minimum Gasteiger partial charge on any atom is -0.340 e. The molecule has 4 aromatic rings. The van der Waals surface area contributed by atoms with Crippen molar-refractivity contribution in [3.05, 3.63) is 88.9 Å². The molecule has 0 unspecified atom stereocenters. The predicted octanol–water partition coefficient (Wildman–Crippen LogP) is 4.80. The quantitative estimate of drug-likeness (QED) is 0.467. The van der Waals surface area contributed by atoms with Crippen molar-refractivity contribution in [2.45, 2.75) is 40.4 Å². The normalized spacial score (nSPS) is 11.2. The predicted molar refractivity (Wildman–Crippen MR) is 121 cm³/mol. The molecule has 2 aromatic heterocycles. The van der Waals surface area contributed by atoms with Gasteiger partial charge in [0.15, 0.2) is 0 Å². The Bertz CT molecular complexity index is 1190. The molecule has 0 N–H and O–H groups in total. The van der Waals surface area contributed by atoms with Crippen LogP contribution in [0, 0.1) is 13.8 Å². The second-order valence-corrected chi connectivity index (χ2v) is 7.84. The van der Waals surface area contributed by atoms with Gasteiger partial charge in [0.2, 0.25) is 0 Å². The number of aryl methyl sites for hydroxylation is 2. The average molecular weight is 401 g/mol. The van der Waals surface area contributed by atoms with Gasteiger partial charge in [-0.15, -0.1) is 0 Å². The molecule has 0 saturated carbocycles. The Morgan fingerprint density at radius 2 is 1.83 bits per heavy atom. The lowest BCUT2D eigenvalue weighted by atomic mass is 10.1.